The van der Waals surface area contributed by atoms with Crippen LogP contribution in [0.1, 0.15) is 44.4 Å². The molecule has 3 heterocycles. The zero-order chi connectivity index (χ0) is 33.1. The summed E-state index contributed by atoms with van der Waals surface area (Å²) in [4.78, 5) is 20.2. The van der Waals surface area contributed by atoms with Gasteiger partial charge in [0.15, 0.2) is 11.4 Å². The van der Waals surface area contributed by atoms with Gasteiger partial charge in [-0.25, -0.2) is 9.67 Å². The van der Waals surface area contributed by atoms with Gasteiger partial charge in [0.1, 0.15) is 17.5 Å². The molecule has 5 aromatic rings. The molecular formula is C36H35F3N4O4. The predicted octanol–water partition coefficient (Wildman–Crippen LogP) is 6.27. The van der Waals surface area contributed by atoms with Gasteiger partial charge in [-0.15, -0.1) is 0 Å². The number of alkyl halides is 3. The summed E-state index contributed by atoms with van der Waals surface area (Å²) in [6.45, 7) is 5.46. The highest BCUT2D eigenvalue weighted by molar-refractivity contribution is 5.98. The van der Waals surface area contributed by atoms with Gasteiger partial charge in [-0.1, -0.05) is 36.4 Å². The lowest BCUT2D eigenvalue weighted by atomic mass is 9.96. The summed E-state index contributed by atoms with van der Waals surface area (Å²) in [7, 11) is 1.61. The molecule has 8 nitrogen and oxygen atoms in total. The lowest BCUT2D eigenvalue weighted by Crippen LogP contribution is -2.38. The van der Waals surface area contributed by atoms with E-state index < -0.39 is 23.6 Å². The van der Waals surface area contributed by atoms with Crippen LogP contribution in [-0.2, 0) is 23.9 Å². The van der Waals surface area contributed by atoms with Gasteiger partial charge in [0.25, 0.3) is 0 Å². The number of halogens is 3. The van der Waals surface area contributed by atoms with Crippen LogP contribution >= 0.6 is 0 Å². The van der Waals surface area contributed by atoms with E-state index in [-0.39, 0.29) is 12.0 Å². The van der Waals surface area contributed by atoms with Crippen molar-refractivity contribution >= 4 is 16.8 Å². The van der Waals surface area contributed by atoms with Gasteiger partial charge < -0.3 is 14.6 Å². The van der Waals surface area contributed by atoms with Crippen molar-refractivity contribution in [2.45, 2.75) is 32.2 Å². The van der Waals surface area contributed by atoms with Crippen molar-refractivity contribution in [2.24, 2.45) is 0 Å². The summed E-state index contributed by atoms with van der Waals surface area (Å²) in [6, 6.07) is 21.5. The first-order valence-electron chi connectivity index (χ1n) is 15.4. The maximum absolute atomic E-state index is 13.2. The van der Waals surface area contributed by atoms with E-state index in [9.17, 15) is 23.1 Å². The first kappa shape index (κ1) is 32.4. The van der Waals surface area contributed by atoms with Crippen molar-refractivity contribution in [3.8, 4) is 17.0 Å². The molecule has 1 aliphatic rings. The second kappa shape index (κ2) is 13.6. The average Bonchev–Trinajstić information content (AvgIpc) is 3.43. The number of benzene rings is 3. The number of hydrogen-bond donors (Lipinski definition) is 1. The molecule has 11 heteroatoms. The highest BCUT2D eigenvalue weighted by atomic mass is 19.4. The van der Waals surface area contributed by atoms with Crippen molar-refractivity contribution in [3.05, 3.63) is 112 Å². The van der Waals surface area contributed by atoms with Crippen LogP contribution in [0.5, 0.6) is 5.75 Å². The van der Waals surface area contributed by atoms with Gasteiger partial charge in [0, 0.05) is 42.6 Å². The molecule has 0 saturated carbocycles. The number of aliphatic hydroxyl groups excluding tert-OH is 1. The molecule has 0 spiro atoms. The number of nitrogens with zero attached hydrogens (tertiary/aromatic N) is 4. The Morgan fingerprint density at radius 3 is 2.47 bits per heavy atom. The summed E-state index contributed by atoms with van der Waals surface area (Å²) in [6.07, 6.45) is -5.44. The summed E-state index contributed by atoms with van der Waals surface area (Å²) in [5.74, 6) is 0.328. The number of fused-ring (bicyclic) bond motifs is 1. The average molecular weight is 645 g/mol. The van der Waals surface area contributed by atoms with E-state index >= 15 is 0 Å². The van der Waals surface area contributed by atoms with Gasteiger partial charge >= 0.3 is 6.18 Å². The van der Waals surface area contributed by atoms with Gasteiger partial charge in [-0.3, -0.25) is 9.69 Å². The fourth-order valence-corrected chi connectivity index (χ4v) is 5.81. The molecular weight excluding hydrogens is 609 g/mol. The molecule has 0 aliphatic carbocycles. The lowest BCUT2D eigenvalue weighted by molar-refractivity contribution is -0.137. The molecule has 47 heavy (non-hydrogen) atoms. The predicted molar refractivity (Wildman–Crippen MR) is 171 cm³/mol. The Balaban J connectivity index is 1.33. The summed E-state index contributed by atoms with van der Waals surface area (Å²) in [5, 5.41) is 16.9. The Bertz CT molecular complexity index is 1880. The largest absolute Gasteiger partial charge is 0.497 e. The van der Waals surface area contributed by atoms with E-state index in [4.69, 9.17) is 19.6 Å². The smallest absolute Gasteiger partial charge is 0.416 e. The highest BCUT2D eigenvalue weighted by Gasteiger charge is 2.31. The zero-order valence-electron chi connectivity index (χ0n) is 26.1. The monoisotopic (exact) mass is 644 g/mol. The van der Waals surface area contributed by atoms with Crippen molar-refractivity contribution < 1.29 is 32.5 Å². The minimum atomic E-state index is -4.53. The number of carbonyl (C=O) groups is 1. The highest BCUT2D eigenvalue weighted by Crippen LogP contribution is 2.32. The van der Waals surface area contributed by atoms with Crippen LogP contribution in [-0.4, -0.2) is 70.5 Å². The lowest BCUT2D eigenvalue weighted by Gasteiger charge is -2.28. The quantitative estimate of drug-likeness (QED) is 0.179. The van der Waals surface area contributed by atoms with Crippen molar-refractivity contribution in [2.75, 3.05) is 40.0 Å². The number of aromatic nitrogens is 3. The zero-order valence-corrected chi connectivity index (χ0v) is 26.1. The number of Topliss-reactive ketones (excluding diaryl/α,β-unsaturated/α-hetero) is 1. The van der Waals surface area contributed by atoms with E-state index in [1.165, 1.54) is 12.1 Å². The maximum Gasteiger partial charge on any atom is 0.416 e. The first-order valence-corrected chi connectivity index (χ1v) is 15.4. The van der Waals surface area contributed by atoms with Gasteiger partial charge in [0.2, 0.25) is 0 Å². The van der Waals surface area contributed by atoms with E-state index in [2.05, 4.69) is 4.90 Å². The van der Waals surface area contributed by atoms with Crippen molar-refractivity contribution in [1.82, 2.24) is 19.7 Å². The Morgan fingerprint density at radius 1 is 1.00 bits per heavy atom. The number of ketones is 1. The number of carbonyl (C=O) groups excluding carboxylic acids is 1. The number of ether oxygens (including phenoxy) is 2. The normalized spacial score (nSPS) is 14.8. The Labute approximate surface area is 270 Å². The maximum atomic E-state index is 13.2. The first-order chi connectivity index (χ1) is 22.6. The molecule has 1 N–H and O–H groups in total. The summed E-state index contributed by atoms with van der Waals surface area (Å²) >= 11 is 0. The Morgan fingerprint density at radius 2 is 1.74 bits per heavy atom. The molecule has 6 rings (SSSR count). The molecule has 2 aromatic heterocycles. The number of methoxy groups -OCH3 is 1. The molecule has 0 radical (unpaired) electrons. The molecule has 0 amide bonds. The molecule has 244 valence electrons. The topological polar surface area (TPSA) is 89.7 Å². The number of morpholine rings is 1. The number of β-amino-alcohol motifs (C(OH)–C–C–N with tert-alkyl or cyclic N) is 1. The molecule has 1 saturated heterocycles. The molecule has 1 atom stereocenters. The molecule has 3 aromatic carbocycles. The number of aryl methyl sites for hydroxylation is 1. The Kier molecular flexibility index (Phi) is 9.40. The van der Waals surface area contributed by atoms with Gasteiger partial charge in [0.05, 0.1) is 38.1 Å². The third-order valence-corrected chi connectivity index (χ3v) is 8.42. The van der Waals surface area contributed by atoms with E-state index in [1.807, 2.05) is 55.5 Å². The van der Waals surface area contributed by atoms with E-state index in [0.29, 0.717) is 48.9 Å². The minimum Gasteiger partial charge on any atom is -0.497 e. The van der Waals surface area contributed by atoms with E-state index in [0.717, 1.165) is 53.0 Å². The number of rotatable bonds is 10. The van der Waals surface area contributed by atoms with Crippen molar-refractivity contribution in [3.63, 3.8) is 0 Å². The number of hydrogen-bond acceptors (Lipinski definition) is 7. The molecule has 1 fully saturated rings. The van der Waals surface area contributed by atoms with Crippen LogP contribution in [0.3, 0.4) is 0 Å². The third kappa shape index (κ3) is 7.38. The SMILES string of the molecule is COc1ccc(Cn2nc(C(O)CN3CCOCC3)c3ccc(-c4cc(CC(=O)c5cccc(C(F)(F)F)c5)ccc4C)nc32)cc1. The number of aliphatic hydroxyl groups is 1. The minimum absolute atomic E-state index is 0.00657. The van der Waals surface area contributed by atoms with Crippen LogP contribution in [0.2, 0.25) is 0 Å². The second-order valence-electron chi connectivity index (χ2n) is 11.7. The molecule has 1 unspecified atom stereocenters. The number of pyridine rings is 1. The van der Waals surface area contributed by atoms with Crippen LogP contribution in [0, 0.1) is 6.92 Å². The van der Waals surface area contributed by atoms with Crippen LogP contribution in [0.25, 0.3) is 22.3 Å². The standard InChI is InChI=1S/C36H35F3N4O4/c1-23-6-7-25(19-32(44)26-4-3-5-27(20-26)36(37,38)39)18-30(23)31-13-12-29-34(33(45)22-42-14-16-47-17-15-42)41-43(35(29)40-31)21-24-8-10-28(46-2)11-9-24/h3-13,18,20,33,45H,14-17,19,21-22H2,1-2H3. The fourth-order valence-electron chi connectivity index (χ4n) is 5.81. The van der Waals surface area contributed by atoms with Crippen LogP contribution < -0.4 is 4.74 Å². The van der Waals surface area contributed by atoms with Gasteiger partial charge in [-0.05, 0) is 66.1 Å². The molecule has 1 aliphatic heterocycles. The third-order valence-electron chi connectivity index (χ3n) is 8.42. The summed E-state index contributed by atoms with van der Waals surface area (Å²) in [5.41, 5.74) is 4.27. The second-order valence-corrected chi connectivity index (χ2v) is 11.7. The van der Waals surface area contributed by atoms with Crippen LogP contribution in [0.15, 0.2) is 78.9 Å². The summed E-state index contributed by atoms with van der Waals surface area (Å²) < 4.78 is 52.3. The van der Waals surface area contributed by atoms with E-state index in [1.54, 1.807) is 17.9 Å². The van der Waals surface area contributed by atoms with Crippen LogP contribution in [0.4, 0.5) is 13.2 Å². The Hall–Kier alpha value is -4.58. The van der Waals surface area contributed by atoms with Gasteiger partial charge in [-0.2, -0.15) is 18.3 Å². The fraction of sp³-hybridized carbons (Fsp3) is 0.306. The van der Waals surface area contributed by atoms with Crippen molar-refractivity contribution in [1.29, 1.82) is 0 Å². The molecule has 0 bridgehead atoms.